The molecule has 2 amide bonds. The van der Waals surface area contributed by atoms with Crippen LogP contribution in [0.1, 0.15) is 62.8 Å². The number of unbranched alkanes of at least 4 members (excludes halogenated alkanes) is 1. The number of aliphatic hydroxyl groups is 1. The number of methoxy groups -OCH3 is 1. The summed E-state index contributed by atoms with van der Waals surface area (Å²) in [6, 6.07) is 30.1. The first kappa shape index (κ1) is 46.7. The number of sulfone groups is 1. The van der Waals surface area contributed by atoms with Crippen LogP contribution < -0.4 is 26.7 Å². The molecule has 0 bridgehead atoms. The number of ether oxygens (including phenoxy) is 1. The van der Waals surface area contributed by atoms with Crippen LogP contribution in [0.3, 0.4) is 0 Å². The molecule has 0 spiro atoms. The number of aromatic nitrogens is 2. The van der Waals surface area contributed by atoms with Gasteiger partial charge in [-0.05, 0) is 55.0 Å². The molecule has 7 aromatic rings. The van der Waals surface area contributed by atoms with Gasteiger partial charge in [0.2, 0.25) is 9.84 Å². The van der Waals surface area contributed by atoms with Crippen molar-refractivity contribution in [3.8, 4) is 11.5 Å². The summed E-state index contributed by atoms with van der Waals surface area (Å²) in [4.78, 5) is 45.0. The summed E-state index contributed by atoms with van der Waals surface area (Å²) in [5.74, 6) is 1.43. The summed E-state index contributed by atoms with van der Waals surface area (Å²) in [6.45, 7) is 1.74. The van der Waals surface area contributed by atoms with Gasteiger partial charge in [0.05, 0.1) is 33.7 Å². The van der Waals surface area contributed by atoms with Gasteiger partial charge in [0.1, 0.15) is 5.75 Å². The van der Waals surface area contributed by atoms with Crippen LogP contribution in [0, 0.1) is 6.92 Å². The molecule has 2 atom stereocenters. The van der Waals surface area contributed by atoms with Crippen molar-refractivity contribution >= 4 is 99.8 Å². The first-order valence-electron chi connectivity index (χ1n) is 21.2. The molecule has 17 heteroatoms. The number of nitrogens with zero attached hydrogens (tertiary/aromatic N) is 1. The van der Waals surface area contributed by atoms with Gasteiger partial charge in [0.25, 0.3) is 5.91 Å². The number of phenolic OH excluding ortho intramolecular Hbond substituents is 1. The minimum Gasteiger partial charge on any atom is -0.0316 e. The normalized spacial score (nSPS) is 14.2. The third-order valence-corrected chi connectivity index (χ3v) is 19.7. The van der Waals surface area contributed by atoms with E-state index < -0.39 is 43.5 Å². The number of benzene rings is 5. The summed E-state index contributed by atoms with van der Waals surface area (Å²) in [7, 11) is -2.64. The summed E-state index contributed by atoms with van der Waals surface area (Å²) in [5.41, 5.74) is 10.4. The maximum Gasteiger partial charge on any atom is 0.0261 e. The molecular formula is C49H48AsN5O8S3. The molecule has 8 rings (SSSR count). The Morgan fingerprint density at radius 3 is 2.45 bits per heavy atom. The number of aliphatic hydroxyl groups excluding tert-OH is 1. The molecule has 1 aliphatic heterocycles. The number of aromatic hydroxyl groups is 1. The maximum atomic E-state index is 14.3. The fourth-order valence-electron chi connectivity index (χ4n) is 8.14. The number of hydrogen-bond acceptors (Lipinski definition) is 12. The fourth-order valence-corrected chi connectivity index (χ4v) is 15.4. The standard InChI is InChI=1S/C49H48AsN5O8S3/c1-29-23-36(26-39-44(29)52-28-40(47(51)59)45(39)53-33-8-6-9-34(25-33)63-2)66(61,62)35-10-5-7-30(24-35)48(60)54-32-13-11-31(12-14-32)49(64-21-22-65-49)19-3-4-20-50-27-42(57)37-15-17-41(56)46-38(37)16-18-43(58)55-46/h5-18,23-26,28,42,50,56-57H,3-4,19-22,27H2,1-2H3,(H2,51,59)(H,52,53)(H,54,60)(H,55,58). The van der Waals surface area contributed by atoms with Gasteiger partial charge in [0.15, 0.2) is 0 Å². The minimum absolute atomic E-state index is 0.0193. The molecule has 66 heavy (non-hydrogen) atoms. The second-order valence-corrected chi connectivity index (χ2v) is 23.8. The van der Waals surface area contributed by atoms with Crippen LogP contribution in [0.25, 0.3) is 21.8 Å². The van der Waals surface area contributed by atoms with Crippen molar-refractivity contribution in [2.75, 3.05) is 29.2 Å². The molecule has 2 unspecified atom stereocenters. The zero-order valence-corrected chi connectivity index (χ0v) is 40.6. The molecule has 13 nitrogen and oxygen atoms in total. The van der Waals surface area contributed by atoms with Gasteiger partial charge in [0, 0.05) is 23.3 Å². The summed E-state index contributed by atoms with van der Waals surface area (Å²) >= 11 is 3.46. The Labute approximate surface area is 397 Å². The van der Waals surface area contributed by atoms with Crippen LogP contribution in [-0.2, 0) is 13.9 Å². The van der Waals surface area contributed by atoms with E-state index in [9.17, 15) is 33.0 Å². The third kappa shape index (κ3) is 9.98. The predicted octanol–water partition coefficient (Wildman–Crippen LogP) is 8.84. The number of primary amides is 1. The fraction of sp³-hybridized carbons (Fsp3) is 0.224. The second-order valence-electron chi connectivity index (χ2n) is 15.9. The van der Waals surface area contributed by atoms with Gasteiger partial charge in [-0.2, -0.15) is 0 Å². The first-order valence-corrected chi connectivity index (χ1v) is 27.6. The number of nitrogens with two attached hydrogens (primary N) is 1. The average molecular weight is 1010 g/mol. The van der Waals surface area contributed by atoms with Gasteiger partial charge >= 0.3 is 220 Å². The van der Waals surface area contributed by atoms with E-state index in [0.717, 1.165) is 36.0 Å². The number of amides is 2. The minimum atomic E-state index is -4.18. The predicted molar refractivity (Wildman–Crippen MR) is 266 cm³/mol. The van der Waals surface area contributed by atoms with Crippen LogP contribution in [-0.4, -0.2) is 74.8 Å². The van der Waals surface area contributed by atoms with Crippen LogP contribution in [0.4, 0.5) is 17.1 Å². The zero-order chi connectivity index (χ0) is 46.6. The maximum absolute atomic E-state index is 14.3. The Hall–Kier alpha value is -5.77. The van der Waals surface area contributed by atoms with Crippen molar-refractivity contribution in [3.63, 3.8) is 0 Å². The number of pyridine rings is 2. The van der Waals surface area contributed by atoms with E-state index in [2.05, 4.69) is 32.7 Å². The summed E-state index contributed by atoms with van der Waals surface area (Å²) in [5, 5.41) is 30.2. The number of nitrogens with one attached hydrogen (secondary N) is 3. The van der Waals surface area contributed by atoms with Gasteiger partial charge in [-0.1, -0.05) is 12.1 Å². The van der Waals surface area contributed by atoms with Crippen molar-refractivity contribution in [1.82, 2.24) is 9.97 Å². The number of thioether (sulfide) groups is 2. The van der Waals surface area contributed by atoms with Gasteiger partial charge < -0.3 is 15.8 Å². The third-order valence-electron chi connectivity index (χ3n) is 11.5. The SMILES string of the molecule is COc1cccc(Nc2c(C(N)=O)cnc3c(C)cc(S(=O)(=O)c4cccc(C(=O)Nc5ccc(C6(CCCC[AsH]CC(O)c7ccc(O)c8[nH]c(=O)ccc78)SCCS6)cc5)c4)cc23)c1. The zero-order valence-electron chi connectivity index (χ0n) is 36.1. The van der Waals surface area contributed by atoms with E-state index in [0.29, 0.717) is 61.0 Å². The molecule has 2 aromatic heterocycles. The van der Waals surface area contributed by atoms with Crippen LogP contribution in [0.2, 0.25) is 10.4 Å². The average Bonchev–Trinajstić information content (AvgIpc) is 3.80. The Balaban J connectivity index is 0.918. The molecule has 0 aliphatic carbocycles. The Bertz CT molecular complexity index is 3140. The monoisotopic (exact) mass is 1010 g/mol. The number of aromatic amines is 1. The van der Waals surface area contributed by atoms with Crippen molar-refractivity contribution in [1.29, 1.82) is 0 Å². The molecule has 1 aliphatic rings. The van der Waals surface area contributed by atoms with Crippen molar-refractivity contribution in [3.05, 3.63) is 154 Å². The van der Waals surface area contributed by atoms with Crippen LogP contribution in [0.15, 0.2) is 130 Å². The second kappa shape index (κ2) is 20.0. The van der Waals surface area contributed by atoms with E-state index in [-0.39, 0.29) is 36.3 Å². The van der Waals surface area contributed by atoms with Crippen LogP contribution >= 0.6 is 23.5 Å². The molecule has 1 fully saturated rings. The number of fused-ring (bicyclic) bond motifs is 2. The van der Waals surface area contributed by atoms with Crippen LogP contribution in [0.5, 0.6) is 11.5 Å². The number of anilines is 3. The van der Waals surface area contributed by atoms with Gasteiger partial charge in [-0.15, -0.1) is 0 Å². The van der Waals surface area contributed by atoms with Crippen molar-refractivity contribution in [2.24, 2.45) is 5.73 Å². The quantitative estimate of drug-likeness (QED) is 0.0373. The molecule has 3 heterocycles. The number of phenols is 1. The summed E-state index contributed by atoms with van der Waals surface area (Å²) < 4.78 is 33.8. The van der Waals surface area contributed by atoms with Crippen molar-refractivity contribution in [2.45, 2.75) is 56.6 Å². The Kier molecular flexibility index (Phi) is 14.2. The number of H-pyrrole nitrogens is 1. The molecule has 7 N–H and O–H groups in total. The number of carbonyl (C=O) groups is 2. The number of carbonyl (C=O) groups excluding carboxylic acids is 2. The molecule has 0 saturated carbocycles. The molecule has 0 radical (unpaired) electrons. The van der Waals surface area contributed by atoms with E-state index in [4.69, 9.17) is 10.5 Å². The van der Waals surface area contributed by atoms with E-state index in [1.54, 1.807) is 49.4 Å². The summed E-state index contributed by atoms with van der Waals surface area (Å²) in [6.07, 6.45) is 3.78. The van der Waals surface area contributed by atoms with Crippen molar-refractivity contribution < 1.29 is 33.0 Å². The van der Waals surface area contributed by atoms with E-state index in [1.807, 2.05) is 35.7 Å². The number of rotatable bonds is 17. The first-order chi connectivity index (χ1) is 31.8. The Morgan fingerprint density at radius 2 is 1.70 bits per heavy atom. The number of aryl methyl sites for hydroxylation is 1. The largest absolute Gasteiger partial charge is 0.0316 e. The van der Waals surface area contributed by atoms with E-state index >= 15 is 0 Å². The molecule has 340 valence electrons. The van der Waals surface area contributed by atoms with Gasteiger partial charge in [-0.3, -0.25) is 9.78 Å². The molecule has 5 aromatic carbocycles. The smallest absolute Gasteiger partial charge is 0.0261 e. The Morgan fingerprint density at radius 1 is 0.924 bits per heavy atom. The molecular weight excluding hydrogens is 958 g/mol. The number of hydrogen-bond donors (Lipinski definition) is 6. The topological polar surface area (TPSA) is 214 Å². The van der Waals surface area contributed by atoms with E-state index in [1.165, 1.54) is 61.3 Å². The molecule has 1 saturated heterocycles. The van der Waals surface area contributed by atoms with Gasteiger partial charge in [-0.25, -0.2) is 8.42 Å².